The van der Waals surface area contributed by atoms with Crippen LogP contribution in [0.4, 0.5) is 0 Å². The number of fused-ring (bicyclic) bond motifs is 5. The van der Waals surface area contributed by atoms with Gasteiger partial charge in [0.2, 0.25) is 11.8 Å². The fraction of sp³-hybridized carbons (Fsp3) is 0.692. The lowest BCUT2D eigenvalue weighted by atomic mass is 9.82. The van der Waals surface area contributed by atoms with Crippen molar-refractivity contribution in [1.29, 1.82) is 0 Å². The summed E-state index contributed by atoms with van der Waals surface area (Å²) in [7, 11) is 0. The first-order valence-electron chi connectivity index (χ1n) is 12.2. The Morgan fingerprint density at radius 3 is 1.41 bits per heavy atom. The minimum absolute atomic E-state index is 0.138. The summed E-state index contributed by atoms with van der Waals surface area (Å²) in [5.41, 5.74) is 0.718. The fourth-order valence-corrected chi connectivity index (χ4v) is 5.01. The highest BCUT2D eigenvalue weighted by Gasteiger charge is 2.48. The number of esters is 2. The quantitative estimate of drug-likeness (QED) is 0.315. The van der Waals surface area contributed by atoms with Crippen molar-refractivity contribution in [2.45, 2.75) is 66.2 Å². The van der Waals surface area contributed by atoms with Gasteiger partial charge in [0.1, 0.15) is 13.2 Å². The van der Waals surface area contributed by atoms with Crippen LogP contribution in [0.1, 0.15) is 66.2 Å². The van der Waals surface area contributed by atoms with Crippen LogP contribution in [0.25, 0.3) is 0 Å². The Kier molecular flexibility index (Phi) is 13.2. The monoisotopic (exact) mass is 478 g/mol. The first-order valence-corrected chi connectivity index (χ1v) is 12.2. The van der Waals surface area contributed by atoms with Crippen LogP contribution >= 0.6 is 0 Å². The number of rotatable bonds is 8. The van der Waals surface area contributed by atoms with Gasteiger partial charge in [-0.2, -0.15) is 0 Å². The molecule has 3 aliphatic carbocycles. The van der Waals surface area contributed by atoms with E-state index in [1.165, 1.54) is 37.5 Å². The minimum atomic E-state index is -0.430. The first kappa shape index (κ1) is 29.4. The molecule has 192 valence electrons. The molecule has 2 bridgehead atoms. The molecule has 34 heavy (non-hydrogen) atoms. The van der Waals surface area contributed by atoms with Gasteiger partial charge >= 0.3 is 11.9 Å². The van der Waals surface area contributed by atoms with Crippen LogP contribution in [0.3, 0.4) is 0 Å². The van der Waals surface area contributed by atoms with Crippen LogP contribution in [-0.2, 0) is 28.7 Å². The number of ether oxygens (including phenoxy) is 2. The van der Waals surface area contributed by atoms with Gasteiger partial charge in [-0.05, 0) is 69.6 Å². The third-order valence-electron chi connectivity index (χ3n) is 6.46. The lowest BCUT2D eigenvalue weighted by molar-refractivity contribution is -0.139. The molecular weight excluding hydrogens is 436 g/mol. The molecule has 8 nitrogen and oxygen atoms in total. The van der Waals surface area contributed by atoms with Crippen molar-refractivity contribution in [3.63, 3.8) is 0 Å². The molecule has 4 unspecified atom stereocenters. The Hall–Kier alpha value is -2.64. The molecule has 0 radical (unpaired) electrons. The highest BCUT2D eigenvalue weighted by atomic mass is 16.5. The topological polar surface area (TPSA) is 111 Å². The van der Waals surface area contributed by atoms with Gasteiger partial charge in [0.05, 0.1) is 13.1 Å². The summed E-state index contributed by atoms with van der Waals surface area (Å²) in [6.45, 7) is 13.8. The molecule has 0 aromatic heterocycles. The highest BCUT2D eigenvalue weighted by Crippen LogP contribution is 2.58. The Bertz CT molecular complexity index is 688. The Morgan fingerprint density at radius 1 is 0.706 bits per heavy atom. The molecule has 3 rings (SSSR count). The molecule has 0 spiro atoms. The zero-order valence-corrected chi connectivity index (χ0v) is 21.2. The number of carbonyl (C=O) groups excluding carboxylic acids is 4. The van der Waals surface area contributed by atoms with E-state index in [1.54, 1.807) is 52.4 Å². The lowest BCUT2D eigenvalue weighted by Crippen LogP contribution is -2.25. The zero-order valence-electron chi connectivity index (χ0n) is 21.2. The predicted molar refractivity (Wildman–Crippen MR) is 131 cm³/mol. The van der Waals surface area contributed by atoms with Gasteiger partial charge in [0.15, 0.2) is 0 Å². The second-order valence-electron chi connectivity index (χ2n) is 9.39. The highest BCUT2D eigenvalue weighted by molar-refractivity contribution is 5.87. The first-order chi connectivity index (χ1) is 16.0. The van der Waals surface area contributed by atoms with Gasteiger partial charge in [-0.25, -0.2) is 9.59 Å². The van der Waals surface area contributed by atoms with Gasteiger partial charge < -0.3 is 20.1 Å². The predicted octanol–water partition coefficient (Wildman–Crippen LogP) is 3.32. The van der Waals surface area contributed by atoms with Gasteiger partial charge in [-0.3, -0.25) is 9.59 Å². The molecule has 3 fully saturated rings. The summed E-state index contributed by atoms with van der Waals surface area (Å²) in [6, 6.07) is 0. The average molecular weight is 479 g/mol. The smallest absolute Gasteiger partial charge is 0.333 e. The zero-order chi connectivity index (χ0) is 25.7. The standard InChI is InChI=1S/C10H16.2C8H13NO3/c1-2-9-7-4-5-8(6-7)10(9)3-1;2*1-6(2)8(11)12-5-4-9-7(3)10/h7-10H,1-6H2;2*1,4-5H2,2-3H3,(H,9,10). The second kappa shape index (κ2) is 15.3. The molecular formula is C26H42N2O6. The molecule has 8 heteroatoms. The van der Waals surface area contributed by atoms with E-state index in [4.69, 9.17) is 9.47 Å². The van der Waals surface area contributed by atoms with E-state index in [0.29, 0.717) is 24.2 Å². The summed E-state index contributed by atoms with van der Waals surface area (Å²) in [5.74, 6) is 3.66. The molecule has 0 aliphatic heterocycles. The summed E-state index contributed by atoms with van der Waals surface area (Å²) < 4.78 is 9.40. The Balaban J connectivity index is 0.000000255. The van der Waals surface area contributed by atoms with Crippen LogP contribution in [0.15, 0.2) is 24.3 Å². The van der Waals surface area contributed by atoms with Gasteiger partial charge in [0.25, 0.3) is 0 Å². The largest absolute Gasteiger partial charge is 0.460 e. The van der Waals surface area contributed by atoms with Crippen molar-refractivity contribution in [2.75, 3.05) is 26.3 Å². The minimum Gasteiger partial charge on any atom is -0.460 e. The van der Waals surface area contributed by atoms with Crippen LogP contribution in [0.2, 0.25) is 0 Å². The van der Waals surface area contributed by atoms with E-state index >= 15 is 0 Å². The number of amides is 2. The molecule has 0 aromatic rings. The fourth-order valence-electron chi connectivity index (χ4n) is 5.01. The number of hydrogen-bond acceptors (Lipinski definition) is 6. The van der Waals surface area contributed by atoms with Crippen LogP contribution in [0, 0.1) is 23.7 Å². The van der Waals surface area contributed by atoms with E-state index < -0.39 is 11.9 Å². The lowest BCUT2D eigenvalue weighted by Gasteiger charge is -2.23. The van der Waals surface area contributed by atoms with Gasteiger partial charge in [-0.1, -0.05) is 19.6 Å². The van der Waals surface area contributed by atoms with E-state index in [1.807, 2.05) is 0 Å². The molecule has 4 atom stereocenters. The summed E-state index contributed by atoms with van der Waals surface area (Å²) in [5, 5.41) is 4.99. The SMILES string of the molecule is C1CC2C3CCC(C3)C2C1.C=C(C)C(=O)OCCNC(C)=O.C=C(C)C(=O)OCCNC(C)=O. The van der Waals surface area contributed by atoms with E-state index in [-0.39, 0.29) is 25.0 Å². The van der Waals surface area contributed by atoms with Crippen molar-refractivity contribution >= 4 is 23.8 Å². The third-order valence-corrected chi connectivity index (χ3v) is 6.46. The molecule has 2 amide bonds. The summed E-state index contributed by atoms with van der Waals surface area (Å²) >= 11 is 0. The summed E-state index contributed by atoms with van der Waals surface area (Å²) in [4.78, 5) is 42.2. The van der Waals surface area contributed by atoms with Crippen LogP contribution < -0.4 is 10.6 Å². The van der Waals surface area contributed by atoms with Crippen molar-refractivity contribution in [3.8, 4) is 0 Å². The maximum Gasteiger partial charge on any atom is 0.333 e. The molecule has 0 saturated heterocycles. The van der Waals surface area contributed by atoms with Crippen molar-refractivity contribution in [1.82, 2.24) is 10.6 Å². The molecule has 3 aliphatic rings. The number of nitrogens with one attached hydrogen (secondary N) is 2. The van der Waals surface area contributed by atoms with Crippen LogP contribution in [-0.4, -0.2) is 50.1 Å². The van der Waals surface area contributed by atoms with E-state index in [2.05, 4.69) is 23.8 Å². The molecule has 0 heterocycles. The van der Waals surface area contributed by atoms with Crippen LogP contribution in [0.5, 0.6) is 0 Å². The number of carbonyl (C=O) groups is 4. The second-order valence-corrected chi connectivity index (χ2v) is 9.39. The Morgan fingerprint density at radius 2 is 1.09 bits per heavy atom. The molecule has 3 saturated carbocycles. The van der Waals surface area contributed by atoms with E-state index in [0.717, 1.165) is 0 Å². The Labute approximate surface area is 203 Å². The van der Waals surface area contributed by atoms with Crippen molar-refractivity contribution < 1.29 is 28.7 Å². The number of hydrogen-bond donors (Lipinski definition) is 2. The normalized spacial score (nSPS) is 23.2. The third kappa shape index (κ3) is 11.0. The average Bonchev–Trinajstić information content (AvgIpc) is 3.49. The van der Waals surface area contributed by atoms with Gasteiger partial charge in [0, 0.05) is 25.0 Å². The van der Waals surface area contributed by atoms with E-state index in [9.17, 15) is 19.2 Å². The maximum absolute atomic E-state index is 10.8. The van der Waals surface area contributed by atoms with Crippen molar-refractivity contribution in [2.24, 2.45) is 23.7 Å². The molecule has 0 aromatic carbocycles. The molecule has 2 N–H and O–H groups in total. The van der Waals surface area contributed by atoms with Gasteiger partial charge in [-0.15, -0.1) is 0 Å². The summed E-state index contributed by atoms with van der Waals surface area (Å²) in [6.07, 6.45) is 9.53. The maximum atomic E-state index is 10.8. The van der Waals surface area contributed by atoms with Crippen molar-refractivity contribution in [3.05, 3.63) is 24.3 Å².